The van der Waals surface area contributed by atoms with Gasteiger partial charge in [-0.3, -0.25) is 9.88 Å². The minimum Gasteiger partial charge on any atom is -0.415 e. The van der Waals surface area contributed by atoms with Crippen LogP contribution >= 0.6 is 11.6 Å². The van der Waals surface area contributed by atoms with E-state index in [1.807, 2.05) is 24.4 Å². The van der Waals surface area contributed by atoms with Gasteiger partial charge in [0.2, 0.25) is 5.89 Å². The summed E-state index contributed by atoms with van der Waals surface area (Å²) < 4.78 is 31.8. The van der Waals surface area contributed by atoms with Gasteiger partial charge >= 0.3 is 6.43 Å². The fraction of sp³-hybridized carbons (Fsp3) is 0.286. The fourth-order valence-corrected chi connectivity index (χ4v) is 3.61. The standard InChI is InChI=1S/C21H18ClF2N7O/c22-17-8-13(2-3-15(17)10-30-6-1-7-30)18-12-31(29-26-18)11-16-5-4-14(9-25-16)20-27-28-21(32-20)19(23)24/h2-5,8-9,12,19H,1,6-7,10-11H2. The molecule has 1 aliphatic rings. The number of nitrogens with zero attached hydrogens (tertiary/aromatic N) is 7. The molecule has 0 N–H and O–H groups in total. The highest BCUT2D eigenvalue weighted by atomic mass is 35.5. The second kappa shape index (κ2) is 8.71. The molecular weight excluding hydrogens is 440 g/mol. The molecule has 4 heterocycles. The molecule has 0 aliphatic carbocycles. The number of benzene rings is 1. The molecule has 0 bridgehead atoms. The smallest absolute Gasteiger partial charge is 0.314 e. The lowest BCUT2D eigenvalue weighted by Gasteiger charge is -2.30. The summed E-state index contributed by atoms with van der Waals surface area (Å²) in [6, 6.07) is 9.37. The Hall–Kier alpha value is -3.24. The molecule has 164 valence electrons. The van der Waals surface area contributed by atoms with E-state index in [9.17, 15) is 8.78 Å². The fourth-order valence-electron chi connectivity index (χ4n) is 3.37. The monoisotopic (exact) mass is 457 g/mol. The van der Waals surface area contributed by atoms with Crippen LogP contribution in [0.3, 0.4) is 0 Å². The van der Waals surface area contributed by atoms with Crippen molar-refractivity contribution < 1.29 is 13.2 Å². The average molecular weight is 458 g/mol. The van der Waals surface area contributed by atoms with Gasteiger partial charge < -0.3 is 4.42 Å². The second-order valence-electron chi connectivity index (χ2n) is 7.52. The van der Waals surface area contributed by atoms with Gasteiger partial charge in [0.15, 0.2) is 0 Å². The molecule has 0 radical (unpaired) electrons. The lowest BCUT2D eigenvalue weighted by atomic mass is 10.1. The second-order valence-corrected chi connectivity index (χ2v) is 7.93. The van der Waals surface area contributed by atoms with Gasteiger partial charge in [0.05, 0.1) is 24.0 Å². The van der Waals surface area contributed by atoms with Gasteiger partial charge in [-0.25, -0.2) is 4.68 Å². The highest BCUT2D eigenvalue weighted by Gasteiger charge is 2.18. The molecule has 8 nitrogen and oxygen atoms in total. The van der Waals surface area contributed by atoms with Gasteiger partial charge in [-0.1, -0.05) is 28.9 Å². The van der Waals surface area contributed by atoms with Crippen LogP contribution in [-0.4, -0.2) is 48.2 Å². The van der Waals surface area contributed by atoms with Crippen LogP contribution in [0, 0.1) is 0 Å². The Kier molecular flexibility index (Phi) is 5.62. The summed E-state index contributed by atoms with van der Waals surface area (Å²) in [5, 5.41) is 16.1. The van der Waals surface area contributed by atoms with Gasteiger partial charge in [0.25, 0.3) is 5.89 Å². The van der Waals surface area contributed by atoms with Crippen molar-refractivity contribution in [1.82, 2.24) is 35.1 Å². The first-order valence-corrected chi connectivity index (χ1v) is 10.4. The number of pyridine rings is 1. The summed E-state index contributed by atoms with van der Waals surface area (Å²) >= 11 is 6.47. The summed E-state index contributed by atoms with van der Waals surface area (Å²) in [4.78, 5) is 6.68. The molecular formula is C21H18ClF2N7O. The first-order valence-electron chi connectivity index (χ1n) is 10.0. The number of rotatable bonds is 7. The molecule has 1 fully saturated rings. The zero-order valence-corrected chi connectivity index (χ0v) is 17.6. The van der Waals surface area contributed by atoms with Crippen LogP contribution in [0.5, 0.6) is 0 Å². The molecule has 0 spiro atoms. The molecule has 3 aromatic heterocycles. The highest BCUT2D eigenvalue weighted by molar-refractivity contribution is 6.31. The van der Waals surface area contributed by atoms with Crippen molar-refractivity contribution in [1.29, 1.82) is 0 Å². The maximum absolute atomic E-state index is 12.6. The lowest BCUT2D eigenvalue weighted by Crippen LogP contribution is -2.36. The van der Waals surface area contributed by atoms with Gasteiger partial charge in [-0.05, 0) is 43.3 Å². The van der Waals surface area contributed by atoms with Crippen molar-refractivity contribution in [3.8, 4) is 22.7 Å². The van der Waals surface area contributed by atoms with Crippen molar-refractivity contribution >= 4 is 11.6 Å². The Morgan fingerprint density at radius 2 is 1.88 bits per heavy atom. The molecule has 4 aromatic rings. The van der Waals surface area contributed by atoms with Crippen LogP contribution in [-0.2, 0) is 13.1 Å². The molecule has 0 unspecified atom stereocenters. The van der Waals surface area contributed by atoms with Crippen molar-refractivity contribution in [3.63, 3.8) is 0 Å². The Balaban J connectivity index is 1.26. The summed E-state index contributed by atoms with van der Waals surface area (Å²) in [5.41, 5.74) is 3.88. The number of halogens is 3. The zero-order valence-electron chi connectivity index (χ0n) is 16.8. The third kappa shape index (κ3) is 4.37. The third-order valence-corrected chi connectivity index (χ3v) is 5.60. The quantitative estimate of drug-likeness (QED) is 0.410. The number of hydrogen-bond acceptors (Lipinski definition) is 7. The minimum absolute atomic E-state index is 0.00294. The Labute approximate surface area is 186 Å². The molecule has 1 aromatic carbocycles. The number of aromatic nitrogens is 6. The van der Waals surface area contributed by atoms with Crippen molar-refractivity contribution in [3.05, 3.63) is 64.9 Å². The van der Waals surface area contributed by atoms with Gasteiger partial charge in [-0.15, -0.1) is 15.3 Å². The molecule has 5 rings (SSSR count). The van der Waals surface area contributed by atoms with E-state index in [0.717, 1.165) is 35.8 Å². The molecule has 11 heteroatoms. The van der Waals surface area contributed by atoms with E-state index in [2.05, 4.69) is 30.4 Å². The highest BCUT2D eigenvalue weighted by Crippen LogP contribution is 2.27. The van der Waals surface area contributed by atoms with Crippen LogP contribution in [0.15, 0.2) is 47.1 Å². The SMILES string of the molecule is FC(F)c1nnc(-c2ccc(Cn3cc(-c4ccc(CN5CCC5)c(Cl)c4)nn3)nc2)o1. The zero-order chi connectivity index (χ0) is 22.1. The number of likely N-dealkylation sites (tertiary alicyclic amines) is 1. The maximum atomic E-state index is 12.6. The molecule has 32 heavy (non-hydrogen) atoms. The van der Waals surface area contributed by atoms with Gasteiger partial charge in [-0.2, -0.15) is 8.78 Å². The molecule has 1 saturated heterocycles. The normalized spacial score (nSPS) is 14.1. The van der Waals surface area contributed by atoms with E-state index in [-0.39, 0.29) is 5.89 Å². The van der Waals surface area contributed by atoms with Gasteiger partial charge in [0.1, 0.15) is 5.69 Å². The summed E-state index contributed by atoms with van der Waals surface area (Å²) in [7, 11) is 0. The molecule has 1 aliphatic heterocycles. The van der Waals surface area contributed by atoms with E-state index in [0.29, 0.717) is 23.5 Å². The average Bonchev–Trinajstić information content (AvgIpc) is 3.42. The molecule has 0 saturated carbocycles. The molecule has 0 atom stereocenters. The summed E-state index contributed by atoms with van der Waals surface area (Å²) in [6.45, 7) is 3.49. The topological polar surface area (TPSA) is 85.8 Å². The Morgan fingerprint density at radius 3 is 2.53 bits per heavy atom. The summed E-state index contributed by atoms with van der Waals surface area (Å²) in [6.07, 6.45) is 1.75. The van der Waals surface area contributed by atoms with E-state index in [1.165, 1.54) is 12.6 Å². The number of hydrogen-bond donors (Lipinski definition) is 0. The summed E-state index contributed by atoms with van der Waals surface area (Å²) in [5.74, 6) is -0.718. The first kappa shape index (κ1) is 20.7. The Bertz CT molecular complexity index is 1220. The minimum atomic E-state index is -2.81. The predicted octanol–water partition coefficient (Wildman–Crippen LogP) is 4.24. The van der Waals surface area contributed by atoms with Crippen LogP contribution in [0.25, 0.3) is 22.7 Å². The lowest BCUT2D eigenvalue weighted by molar-refractivity contribution is 0.116. The van der Waals surface area contributed by atoms with Crippen LogP contribution < -0.4 is 0 Å². The van der Waals surface area contributed by atoms with Crippen molar-refractivity contribution in [2.45, 2.75) is 25.9 Å². The third-order valence-electron chi connectivity index (χ3n) is 5.25. The van der Waals surface area contributed by atoms with E-state index < -0.39 is 12.3 Å². The number of alkyl halides is 2. The van der Waals surface area contributed by atoms with Crippen molar-refractivity contribution in [2.75, 3.05) is 13.1 Å². The maximum Gasteiger partial charge on any atom is 0.314 e. The van der Waals surface area contributed by atoms with Crippen LogP contribution in [0.1, 0.15) is 30.0 Å². The predicted molar refractivity (Wildman–Crippen MR) is 112 cm³/mol. The molecule has 0 amide bonds. The largest absolute Gasteiger partial charge is 0.415 e. The van der Waals surface area contributed by atoms with E-state index in [1.54, 1.807) is 16.8 Å². The van der Waals surface area contributed by atoms with Crippen LogP contribution in [0.4, 0.5) is 8.78 Å². The van der Waals surface area contributed by atoms with E-state index >= 15 is 0 Å². The first-order chi connectivity index (χ1) is 15.5. The van der Waals surface area contributed by atoms with Gasteiger partial charge in [0, 0.05) is 23.3 Å². The van der Waals surface area contributed by atoms with E-state index in [4.69, 9.17) is 16.0 Å². The Morgan fingerprint density at radius 1 is 1.03 bits per heavy atom. The van der Waals surface area contributed by atoms with Crippen LogP contribution in [0.2, 0.25) is 5.02 Å². The van der Waals surface area contributed by atoms with Crippen molar-refractivity contribution in [2.24, 2.45) is 0 Å².